The quantitative estimate of drug-likeness (QED) is 0.648. The Hall–Kier alpha value is -0.870. The fraction of sp³-hybridized carbons (Fsp3) is 0.750. The fourth-order valence-corrected chi connectivity index (χ4v) is 1.32. The van der Waals surface area contributed by atoms with Crippen LogP contribution in [0.1, 0.15) is 20.3 Å². The number of hydrogen-bond donors (Lipinski definition) is 1. The summed E-state index contributed by atoms with van der Waals surface area (Å²) >= 11 is 0. The van der Waals surface area contributed by atoms with E-state index in [9.17, 15) is 0 Å². The molecule has 0 aromatic carbocycles. The van der Waals surface area contributed by atoms with Gasteiger partial charge in [-0.2, -0.15) is 0 Å². The first-order valence-corrected chi connectivity index (χ1v) is 6.03. The van der Waals surface area contributed by atoms with Crippen molar-refractivity contribution in [2.45, 2.75) is 26.8 Å². The number of nitrogens with zero attached hydrogens (tertiary/aromatic N) is 2. The van der Waals surface area contributed by atoms with Crippen LogP contribution in [0.15, 0.2) is 18.7 Å². The van der Waals surface area contributed by atoms with Crippen LogP contribution in [0.25, 0.3) is 0 Å². The molecular formula is C12H23N3O. The molecule has 0 bridgehead atoms. The summed E-state index contributed by atoms with van der Waals surface area (Å²) in [5.74, 6) is 0.731. The number of hydrogen-bond acceptors (Lipinski definition) is 3. The molecule has 0 unspecified atom stereocenters. The number of imidazole rings is 1. The van der Waals surface area contributed by atoms with E-state index in [-0.39, 0.29) is 0 Å². The zero-order valence-electron chi connectivity index (χ0n) is 10.4. The molecule has 1 aromatic rings. The minimum atomic E-state index is 0.731. The second kappa shape index (κ2) is 8.30. The van der Waals surface area contributed by atoms with Gasteiger partial charge in [-0.05, 0) is 12.3 Å². The Bertz CT molecular complexity index is 247. The summed E-state index contributed by atoms with van der Waals surface area (Å²) in [6.07, 6.45) is 6.76. The third-order valence-corrected chi connectivity index (χ3v) is 2.37. The van der Waals surface area contributed by atoms with Crippen molar-refractivity contribution in [3.63, 3.8) is 0 Å². The zero-order chi connectivity index (χ0) is 11.6. The lowest BCUT2D eigenvalue weighted by Crippen LogP contribution is -2.24. The Balaban J connectivity index is 1.82. The summed E-state index contributed by atoms with van der Waals surface area (Å²) < 4.78 is 7.56. The molecule has 1 heterocycles. The van der Waals surface area contributed by atoms with E-state index < -0.39 is 0 Å². The molecule has 0 amide bonds. The third-order valence-electron chi connectivity index (χ3n) is 2.37. The van der Waals surface area contributed by atoms with Gasteiger partial charge in [0.25, 0.3) is 0 Å². The highest BCUT2D eigenvalue weighted by atomic mass is 16.5. The lowest BCUT2D eigenvalue weighted by Gasteiger charge is -2.07. The molecule has 1 rings (SSSR count). The van der Waals surface area contributed by atoms with Crippen LogP contribution in [0, 0.1) is 5.92 Å². The normalized spacial score (nSPS) is 11.2. The Morgan fingerprint density at radius 3 is 2.88 bits per heavy atom. The molecule has 0 aliphatic rings. The summed E-state index contributed by atoms with van der Waals surface area (Å²) in [4.78, 5) is 3.99. The minimum Gasteiger partial charge on any atom is -0.380 e. The molecule has 0 aliphatic heterocycles. The van der Waals surface area contributed by atoms with Gasteiger partial charge in [-0.15, -0.1) is 0 Å². The van der Waals surface area contributed by atoms with Crippen LogP contribution in [0.5, 0.6) is 0 Å². The summed E-state index contributed by atoms with van der Waals surface area (Å²) in [6.45, 7) is 8.96. The van der Waals surface area contributed by atoms with Gasteiger partial charge in [-0.25, -0.2) is 4.98 Å². The number of rotatable bonds is 9. The highest BCUT2D eigenvalue weighted by Crippen LogP contribution is 1.98. The molecule has 0 spiro atoms. The first kappa shape index (κ1) is 13.2. The van der Waals surface area contributed by atoms with E-state index in [2.05, 4.69) is 28.7 Å². The largest absolute Gasteiger partial charge is 0.380 e. The summed E-state index contributed by atoms with van der Waals surface area (Å²) in [6, 6.07) is 0. The molecule has 1 aromatic heterocycles. The summed E-state index contributed by atoms with van der Waals surface area (Å²) in [5.41, 5.74) is 0. The smallest absolute Gasteiger partial charge is 0.0946 e. The van der Waals surface area contributed by atoms with Gasteiger partial charge in [0, 0.05) is 38.6 Å². The maximum atomic E-state index is 5.50. The van der Waals surface area contributed by atoms with Gasteiger partial charge < -0.3 is 14.6 Å². The Morgan fingerprint density at radius 1 is 1.31 bits per heavy atom. The van der Waals surface area contributed by atoms with E-state index in [1.807, 2.05) is 12.5 Å². The van der Waals surface area contributed by atoms with Crippen molar-refractivity contribution in [3.8, 4) is 0 Å². The topological polar surface area (TPSA) is 39.1 Å². The minimum absolute atomic E-state index is 0.731. The molecule has 0 radical (unpaired) electrons. The van der Waals surface area contributed by atoms with Gasteiger partial charge in [-0.1, -0.05) is 13.8 Å². The molecule has 0 fully saturated rings. The van der Waals surface area contributed by atoms with E-state index >= 15 is 0 Å². The molecular weight excluding hydrogens is 202 g/mol. The SMILES string of the molecule is CC(C)CCOCCNCCn1ccnc1. The van der Waals surface area contributed by atoms with Gasteiger partial charge in [0.05, 0.1) is 12.9 Å². The van der Waals surface area contributed by atoms with Gasteiger partial charge in [0.1, 0.15) is 0 Å². The first-order chi connectivity index (χ1) is 7.79. The molecule has 0 saturated carbocycles. The highest BCUT2D eigenvalue weighted by molar-refractivity contribution is 4.73. The van der Waals surface area contributed by atoms with E-state index in [0.717, 1.165) is 45.2 Å². The average molecular weight is 225 g/mol. The monoisotopic (exact) mass is 225 g/mol. The van der Waals surface area contributed by atoms with Crippen molar-refractivity contribution in [3.05, 3.63) is 18.7 Å². The van der Waals surface area contributed by atoms with Crippen molar-refractivity contribution >= 4 is 0 Å². The highest BCUT2D eigenvalue weighted by Gasteiger charge is 1.94. The molecule has 92 valence electrons. The molecule has 4 nitrogen and oxygen atoms in total. The predicted octanol–water partition coefficient (Wildman–Crippen LogP) is 1.54. The molecule has 1 N–H and O–H groups in total. The third kappa shape index (κ3) is 6.58. The second-order valence-electron chi connectivity index (χ2n) is 4.35. The maximum absolute atomic E-state index is 5.50. The Morgan fingerprint density at radius 2 is 2.19 bits per heavy atom. The van der Waals surface area contributed by atoms with Crippen LogP contribution in [0.3, 0.4) is 0 Å². The molecule has 0 aliphatic carbocycles. The summed E-state index contributed by atoms with van der Waals surface area (Å²) in [7, 11) is 0. The number of aromatic nitrogens is 2. The maximum Gasteiger partial charge on any atom is 0.0946 e. The van der Waals surface area contributed by atoms with Crippen molar-refractivity contribution in [2.24, 2.45) is 5.92 Å². The van der Waals surface area contributed by atoms with Crippen molar-refractivity contribution in [2.75, 3.05) is 26.3 Å². The van der Waals surface area contributed by atoms with Crippen LogP contribution in [-0.4, -0.2) is 35.9 Å². The lowest BCUT2D eigenvalue weighted by atomic mass is 10.1. The number of nitrogens with one attached hydrogen (secondary N) is 1. The van der Waals surface area contributed by atoms with Crippen LogP contribution in [0.4, 0.5) is 0 Å². The van der Waals surface area contributed by atoms with Crippen LogP contribution in [0.2, 0.25) is 0 Å². The molecule has 16 heavy (non-hydrogen) atoms. The van der Waals surface area contributed by atoms with Crippen molar-refractivity contribution in [1.82, 2.24) is 14.9 Å². The summed E-state index contributed by atoms with van der Waals surface area (Å²) in [5, 5.41) is 3.34. The zero-order valence-corrected chi connectivity index (χ0v) is 10.4. The van der Waals surface area contributed by atoms with Crippen LogP contribution in [-0.2, 0) is 11.3 Å². The van der Waals surface area contributed by atoms with Gasteiger partial charge in [0.2, 0.25) is 0 Å². The Labute approximate surface area is 98.0 Å². The first-order valence-electron chi connectivity index (χ1n) is 6.03. The Kier molecular flexibility index (Phi) is 6.85. The average Bonchev–Trinajstić information content (AvgIpc) is 2.74. The standard InChI is InChI=1S/C12H23N3O/c1-12(2)3-9-16-10-6-13-4-7-15-8-5-14-11-15/h5,8,11-13H,3-4,6-7,9-10H2,1-2H3. The molecule has 4 heteroatoms. The number of ether oxygens (including phenoxy) is 1. The predicted molar refractivity (Wildman–Crippen MR) is 65.4 cm³/mol. The lowest BCUT2D eigenvalue weighted by molar-refractivity contribution is 0.125. The van der Waals surface area contributed by atoms with E-state index in [1.54, 1.807) is 6.20 Å². The van der Waals surface area contributed by atoms with Gasteiger partial charge >= 0.3 is 0 Å². The van der Waals surface area contributed by atoms with Crippen molar-refractivity contribution in [1.29, 1.82) is 0 Å². The fourth-order valence-electron chi connectivity index (χ4n) is 1.32. The second-order valence-corrected chi connectivity index (χ2v) is 4.35. The van der Waals surface area contributed by atoms with Crippen molar-refractivity contribution < 1.29 is 4.74 Å². The van der Waals surface area contributed by atoms with Crippen LogP contribution >= 0.6 is 0 Å². The van der Waals surface area contributed by atoms with Crippen LogP contribution < -0.4 is 5.32 Å². The van der Waals surface area contributed by atoms with E-state index in [0.29, 0.717) is 0 Å². The molecule has 0 saturated heterocycles. The van der Waals surface area contributed by atoms with E-state index in [4.69, 9.17) is 4.74 Å². The van der Waals surface area contributed by atoms with Gasteiger partial charge in [-0.3, -0.25) is 0 Å². The molecule has 0 atom stereocenters. The van der Waals surface area contributed by atoms with Gasteiger partial charge in [0.15, 0.2) is 0 Å². The van der Waals surface area contributed by atoms with E-state index in [1.165, 1.54) is 0 Å².